The maximum absolute atomic E-state index is 12.5. The summed E-state index contributed by atoms with van der Waals surface area (Å²) in [5.41, 5.74) is 2.81. The van der Waals surface area contributed by atoms with E-state index in [1.165, 1.54) is 0 Å². The molecule has 1 aliphatic heterocycles. The lowest BCUT2D eigenvalue weighted by Crippen LogP contribution is -2.44. The predicted octanol–water partition coefficient (Wildman–Crippen LogP) is 6.21. The van der Waals surface area contributed by atoms with Crippen molar-refractivity contribution in [1.29, 1.82) is 0 Å². The molecule has 166 valence electrons. The van der Waals surface area contributed by atoms with Gasteiger partial charge in [-0.25, -0.2) is 0 Å². The van der Waals surface area contributed by atoms with Gasteiger partial charge in [0, 0.05) is 30.8 Å². The lowest BCUT2D eigenvalue weighted by atomic mass is 9.72. The fourth-order valence-electron chi connectivity index (χ4n) is 4.94. The van der Waals surface area contributed by atoms with Gasteiger partial charge in [0.15, 0.2) is 5.78 Å². The molecule has 3 aromatic carbocycles. The molecule has 0 bridgehead atoms. The molecular weight excluding hydrogens is 394 g/mol. The number of anilines is 1. The molecule has 1 fully saturated rings. The Morgan fingerprint density at radius 2 is 1.50 bits per heavy atom. The average Bonchev–Trinajstić information content (AvgIpc) is 2.88. The van der Waals surface area contributed by atoms with Gasteiger partial charge in [-0.3, -0.25) is 4.79 Å². The quantitative estimate of drug-likeness (QED) is 0.434. The van der Waals surface area contributed by atoms with Crippen LogP contribution in [-0.2, 0) is 5.60 Å². The van der Waals surface area contributed by atoms with Crippen molar-refractivity contribution in [2.45, 2.75) is 44.6 Å². The van der Waals surface area contributed by atoms with Gasteiger partial charge >= 0.3 is 0 Å². The fourth-order valence-corrected chi connectivity index (χ4v) is 4.94. The first-order valence-corrected chi connectivity index (χ1v) is 11.8. The standard InChI is InChI=1S/C29H33NO2/c1-2-3-17-28(31)23-11-10-16-27(22-23)30-20-18-26(19-21-30)29(32,24-12-6-4-7-13-24)25-14-8-5-9-15-25/h4-16,22,26,32H,2-3,17-21H2,1H3. The zero-order valence-corrected chi connectivity index (χ0v) is 18.9. The average molecular weight is 428 g/mol. The summed E-state index contributed by atoms with van der Waals surface area (Å²) < 4.78 is 0. The first kappa shape index (κ1) is 22.3. The Bertz CT molecular complexity index is 968. The predicted molar refractivity (Wildman–Crippen MR) is 131 cm³/mol. The van der Waals surface area contributed by atoms with E-state index in [0.29, 0.717) is 6.42 Å². The maximum atomic E-state index is 12.5. The van der Waals surface area contributed by atoms with E-state index in [0.717, 1.165) is 61.2 Å². The zero-order chi connectivity index (χ0) is 22.4. The molecule has 1 saturated heterocycles. The number of Topliss-reactive ketones (excluding diaryl/α,β-unsaturated/α-hetero) is 1. The Labute approximate surface area is 191 Å². The van der Waals surface area contributed by atoms with Crippen LogP contribution >= 0.6 is 0 Å². The van der Waals surface area contributed by atoms with Crippen LogP contribution in [-0.4, -0.2) is 24.0 Å². The van der Waals surface area contributed by atoms with Gasteiger partial charge in [-0.05, 0) is 48.4 Å². The van der Waals surface area contributed by atoms with Gasteiger partial charge in [0.05, 0.1) is 0 Å². The largest absolute Gasteiger partial charge is 0.380 e. The second-order valence-corrected chi connectivity index (χ2v) is 8.84. The van der Waals surface area contributed by atoms with Gasteiger partial charge in [0.25, 0.3) is 0 Å². The molecule has 1 aliphatic rings. The highest BCUT2D eigenvalue weighted by Crippen LogP contribution is 2.42. The number of benzene rings is 3. The van der Waals surface area contributed by atoms with E-state index in [9.17, 15) is 9.90 Å². The first-order valence-electron chi connectivity index (χ1n) is 11.8. The van der Waals surface area contributed by atoms with Crippen molar-refractivity contribution in [3.8, 4) is 0 Å². The molecule has 3 aromatic rings. The second-order valence-electron chi connectivity index (χ2n) is 8.84. The molecule has 0 amide bonds. The minimum absolute atomic E-state index is 0.123. The minimum Gasteiger partial charge on any atom is -0.380 e. The molecule has 1 N–H and O–H groups in total. The Morgan fingerprint density at radius 3 is 2.06 bits per heavy atom. The Morgan fingerprint density at radius 1 is 0.906 bits per heavy atom. The molecule has 0 aromatic heterocycles. The lowest BCUT2D eigenvalue weighted by Gasteiger charge is -2.43. The molecule has 3 nitrogen and oxygen atoms in total. The smallest absolute Gasteiger partial charge is 0.162 e. The summed E-state index contributed by atoms with van der Waals surface area (Å²) in [5.74, 6) is 0.351. The Hall–Kier alpha value is -2.91. The number of unbranched alkanes of at least 4 members (excludes halogenated alkanes) is 1. The zero-order valence-electron chi connectivity index (χ0n) is 18.9. The third-order valence-corrected chi connectivity index (χ3v) is 6.80. The third-order valence-electron chi connectivity index (χ3n) is 6.80. The number of hydrogen-bond donors (Lipinski definition) is 1. The van der Waals surface area contributed by atoms with Gasteiger partial charge in [-0.1, -0.05) is 86.1 Å². The molecule has 3 heteroatoms. The van der Waals surface area contributed by atoms with Crippen molar-refractivity contribution in [1.82, 2.24) is 0 Å². The lowest BCUT2D eigenvalue weighted by molar-refractivity contribution is 0.00506. The maximum Gasteiger partial charge on any atom is 0.162 e. The summed E-state index contributed by atoms with van der Waals surface area (Å²) in [6.07, 6.45) is 4.35. The van der Waals surface area contributed by atoms with Crippen LogP contribution in [0.4, 0.5) is 5.69 Å². The SMILES string of the molecule is CCCCC(=O)c1cccc(N2CCC(C(O)(c3ccccc3)c3ccccc3)CC2)c1. The molecule has 0 saturated carbocycles. The summed E-state index contributed by atoms with van der Waals surface area (Å²) in [7, 11) is 0. The molecular formula is C29H33NO2. The van der Waals surface area contributed by atoms with Crippen molar-refractivity contribution in [3.05, 3.63) is 102 Å². The summed E-state index contributed by atoms with van der Waals surface area (Å²) in [6.45, 7) is 3.83. The van der Waals surface area contributed by atoms with Gasteiger partial charge in [0.2, 0.25) is 0 Å². The van der Waals surface area contributed by atoms with Crippen LogP contribution < -0.4 is 4.90 Å². The number of rotatable bonds is 8. The normalized spacial score (nSPS) is 15.0. The van der Waals surface area contributed by atoms with Gasteiger partial charge in [-0.15, -0.1) is 0 Å². The van der Waals surface area contributed by atoms with Crippen LogP contribution in [0, 0.1) is 5.92 Å². The number of carbonyl (C=O) groups excluding carboxylic acids is 1. The number of carbonyl (C=O) groups is 1. The molecule has 0 aliphatic carbocycles. The van der Waals surface area contributed by atoms with Crippen LogP contribution in [0.25, 0.3) is 0 Å². The summed E-state index contributed by atoms with van der Waals surface area (Å²) in [5, 5.41) is 12.1. The van der Waals surface area contributed by atoms with Crippen molar-refractivity contribution in [2.24, 2.45) is 5.92 Å². The highest BCUT2D eigenvalue weighted by molar-refractivity contribution is 5.96. The molecule has 0 spiro atoms. The van der Waals surface area contributed by atoms with E-state index in [4.69, 9.17) is 0 Å². The van der Waals surface area contributed by atoms with Crippen LogP contribution in [0.3, 0.4) is 0 Å². The number of piperidine rings is 1. The minimum atomic E-state index is -1.01. The van der Waals surface area contributed by atoms with Crippen LogP contribution in [0.5, 0.6) is 0 Å². The molecule has 4 rings (SSSR count). The Balaban J connectivity index is 1.53. The Kier molecular flexibility index (Phi) is 7.06. The number of hydrogen-bond acceptors (Lipinski definition) is 3. The molecule has 32 heavy (non-hydrogen) atoms. The number of aliphatic hydroxyl groups is 1. The molecule has 0 radical (unpaired) electrons. The van der Waals surface area contributed by atoms with Gasteiger partial charge in [0.1, 0.15) is 5.60 Å². The fraction of sp³-hybridized carbons (Fsp3) is 0.345. The van der Waals surface area contributed by atoms with E-state index in [1.54, 1.807) is 0 Å². The number of ketones is 1. The summed E-state index contributed by atoms with van der Waals surface area (Å²) in [6, 6.07) is 28.2. The van der Waals surface area contributed by atoms with Crippen molar-refractivity contribution < 1.29 is 9.90 Å². The van der Waals surface area contributed by atoms with Crippen molar-refractivity contribution in [2.75, 3.05) is 18.0 Å². The molecule has 0 unspecified atom stereocenters. The molecule has 0 atom stereocenters. The highest BCUT2D eigenvalue weighted by Gasteiger charge is 2.41. The summed E-state index contributed by atoms with van der Waals surface area (Å²) in [4.78, 5) is 14.8. The number of nitrogens with zero attached hydrogens (tertiary/aromatic N) is 1. The molecule has 1 heterocycles. The summed E-state index contributed by atoms with van der Waals surface area (Å²) >= 11 is 0. The first-order chi connectivity index (χ1) is 15.6. The van der Waals surface area contributed by atoms with E-state index in [2.05, 4.69) is 17.9 Å². The van der Waals surface area contributed by atoms with E-state index >= 15 is 0 Å². The van der Waals surface area contributed by atoms with Crippen molar-refractivity contribution >= 4 is 11.5 Å². The topological polar surface area (TPSA) is 40.5 Å². The van der Waals surface area contributed by atoms with E-state index < -0.39 is 5.60 Å². The van der Waals surface area contributed by atoms with Crippen LogP contribution in [0.15, 0.2) is 84.9 Å². The second kappa shape index (κ2) is 10.1. The van der Waals surface area contributed by atoms with Gasteiger partial charge in [-0.2, -0.15) is 0 Å². The van der Waals surface area contributed by atoms with Gasteiger partial charge < -0.3 is 10.0 Å². The van der Waals surface area contributed by atoms with E-state index in [-0.39, 0.29) is 11.7 Å². The monoisotopic (exact) mass is 427 g/mol. The van der Waals surface area contributed by atoms with Crippen LogP contribution in [0.2, 0.25) is 0 Å². The third kappa shape index (κ3) is 4.63. The van der Waals surface area contributed by atoms with Crippen molar-refractivity contribution in [3.63, 3.8) is 0 Å². The highest BCUT2D eigenvalue weighted by atomic mass is 16.3. The van der Waals surface area contributed by atoms with Crippen LogP contribution in [0.1, 0.15) is 60.5 Å². The van der Waals surface area contributed by atoms with E-state index in [1.807, 2.05) is 78.9 Å².